The third-order valence-corrected chi connectivity index (χ3v) is 4.44. The maximum atomic E-state index is 12.8. The van der Waals surface area contributed by atoms with Crippen LogP contribution in [-0.4, -0.2) is 14.9 Å². The van der Waals surface area contributed by atoms with Crippen LogP contribution < -0.4 is 10.6 Å². The molecule has 3 rings (SSSR count). The summed E-state index contributed by atoms with van der Waals surface area (Å²) in [7, 11) is 0. The second-order valence-electron chi connectivity index (χ2n) is 5.83. The van der Waals surface area contributed by atoms with Crippen LogP contribution in [0.25, 0.3) is 0 Å². The van der Waals surface area contributed by atoms with E-state index in [0.29, 0.717) is 27.0 Å². The minimum atomic E-state index is -4.38. The van der Waals surface area contributed by atoms with Gasteiger partial charge in [0.05, 0.1) is 34.7 Å². The average Bonchev–Trinajstić information content (AvgIpc) is 3.04. The normalized spacial score (nSPS) is 11.3. The number of nitrogens with zero attached hydrogens (tertiary/aromatic N) is 2. The summed E-state index contributed by atoms with van der Waals surface area (Å²) in [5, 5.41) is 11.2. The summed E-state index contributed by atoms with van der Waals surface area (Å²) < 4.78 is 40.0. The van der Waals surface area contributed by atoms with Crippen LogP contribution in [-0.2, 0) is 12.7 Å². The number of hydrogen-bond donors (Lipinski definition) is 2. The Kier molecular flexibility index (Phi) is 6.12. The molecule has 0 aliphatic carbocycles. The Bertz CT molecular complexity index is 1000. The molecular weight excluding hydrogens is 432 g/mol. The molecule has 0 aliphatic rings. The topological polar surface area (TPSA) is 41.9 Å². The second-order valence-corrected chi connectivity index (χ2v) is 7.08. The lowest BCUT2D eigenvalue weighted by atomic mass is 10.1. The van der Waals surface area contributed by atoms with E-state index in [1.165, 1.54) is 16.9 Å². The van der Waals surface area contributed by atoms with Crippen molar-refractivity contribution in [2.75, 3.05) is 10.6 Å². The van der Waals surface area contributed by atoms with Crippen LogP contribution in [0.5, 0.6) is 0 Å². The minimum Gasteiger partial charge on any atom is -0.331 e. The van der Waals surface area contributed by atoms with E-state index in [-0.39, 0.29) is 11.7 Å². The van der Waals surface area contributed by atoms with Gasteiger partial charge in [-0.1, -0.05) is 35.3 Å². The van der Waals surface area contributed by atoms with Gasteiger partial charge in [-0.2, -0.15) is 18.3 Å². The first kappa shape index (κ1) is 20.4. The number of alkyl halides is 3. The first-order valence-corrected chi connectivity index (χ1v) is 9.09. The third-order valence-electron chi connectivity index (χ3n) is 3.67. The molecular formula is C18H13Cl2F3N4S. The summed E-state index contributed by atoms with van der Waals surface area (Å²) in [4.78, 5) is 0. The minimum absolute atomic E-state index is 0.186. The molecule has 146 valence electrons. The predicted molar refractivity (Wildman–Crippen MR) is 109 cm³/mol. The van der Waals surface area contributed by atoms with Gasteiger partial charge in [0.2, 0.25) is 0 Å². The summed E-state index contributed by atoms with van der Waals surface area (Å²) in [6, 6.07) is 10.0. The first-order valence-electron chi connectivity index (χ1n) is 7.92. The molecule has 0 fully saturated rings. The molecule has 2 N–H and O–H groups in total. The second kappa shape index (κ2) is 8.38. The molecule has 0 saturated carbocycles. The van der Waals surface area contributed by atoms with Crippen LogP contribution in [0.4, 0.5) is 24.5 Å². The van der Waals surface area contributed by atoms with Crippen LogP contribution in [0, 0.1) is 0 Å². The summed E-state index contributed by atoms with van der Waals surface area (Å²) >= 11 is 17.2. The van der Waals surface area contributed by atoms with E-state index >= 15 is 0 Å². The zero-order valence-corrected chi connectivity index (χ0v) is 16.4. The van der Waals surface area contributed by atoms with Gasteiger partial charge in [-0.25, -0.2) is 0 Å². The van der Waals surface area contributed by atoms with E-state index in [1.807, 2.05) is 0 Å². The summed E-state index contributed by atoms with van der Waals surface area (Å²) in [5.74, 6) is 0. The number of aromatic nitrogens is 2. The number of benzene rings is 2. The molecule has 4 nitrogen and oxygen atoms in total. The largest absolute Gasteiger partial charge is 0.416 e. The molecule has 0 bridgehead atoms. The molecule has 1 heterocycles. The highest BCUT2D eigenvalue weighted by atomic mass is 35.5. The molecule has 10 heteroatoms. The fourth-order valence-electron chi connectivity index (χ4n) is 2.43. The third kappa shape index (κ3) is 5.37. The van der Waals surface area contributed by atoms with Crippen molar-refractivity contribution in [1.82, 2.24) is 9.78 Å². The van der Waals surface area contributed by atoms with E-state index in [2.05, 4.69) is 15.7 Å². The van der Waals surface area contributed by atoms with Gasteiger partial charge >= 0.3 is 6.18 Å². The average molecular weight is 445 g/mol. The molecule has 0 unspecified atom stereocenters. The van der Waals surface area contributed by atoms with Crippen LogP contribution in [0.3, 0.4) is 0 Å². The Morgan fingerprint density at radius 2 is 1.89 bits per heavy atom. The van der Waals surface area contributed by atoms with Crippen molar-refractivity contribution in [1.29, 1.82) is 0 Å². The number of anilines is 2. The van der Waals surface area contributed by atoms with Gasteiger partial charge in [0.25, 0.3) is 0 Å². The van der Waals surface area contributed by atoms with Crippen molar-refractivity contribution in [3.8, 4) is 0 Å². The van der Waals surface area contributed by atoms with Gasteiger partial charge in [-0.05, 0) is 48.1 Å². The number of halogens is 5. The Morgan fingerprint density at radius 1 is 1.11 bits per heavy atom. The maximum absolute atomic E-state index is 12.8. The molecule has 0 atom stereocenters. The van der Waals surface area contributed by atoms with E-state index in [0.717, 1.165) is 12.1 Å². The van der Waals surface area contributed by atoms with Crippen molar-refractivity contribution >= 4 is 51.9 Å². The zero-order chi connectivity index (χ0) is 20.3. The highest BCUT2D eigenvalue weighted by Gasteiger charge is 2.30. The van der Waals surface area contributed by atoms with E-state index < -0.39 is 11.7 Å². The lowest BCUT2D eigenvalue weighted by molar-refractivity contribution is -0.137. The van der Waals surface area contributed by atoms with E-state index in [4.69, 9.17) is 35.4 Å². The SMILES string of the molecule is FC(F)(F)c1cccc(Cn2cc(NC(=S)Nc3cc(Cl)ccc3Cl)cn2)c1. The molecule has 28 heavy (non-hydrogen) atoms. The highest BCUT2D eigenvalue weighted by Crippen LogP contribution is 2.29. The fourth-order valence-corrected chi connectivity index (χ4v) is 2.99. The van der Waals surface area contributed by atoms with Crippen molar-refractivity contribution < 1.29 is 13.2 Å². The molecule has 0 spiro atoms. The summed E-state index contributed by atoms with van der Waals surface area (Å²) in [6.45, 7) is 0.186. The van der Waals surface area contributed by atoms with Crippen LogP contribution in [0.2, 0.25) is 10.0 Å². The van der Waals surface area contributed by atoms with Gasteiger partial charge in [-0.15, -0.1) is 0 Å². The number of rotatable bonds is 4. The van der Waals surface area contributed by atoms with Crippen molar-refractivity contribution in [3.63, 3.8) is 0 Å². The predicted octanol–water partition coefficient (Wildman–Crippen LogP) is 6.07. The number of nitrogens with one attached hydrogen (secondary N) is 2. The highest BCUT2D eigenvalue weighted by molar-refractivity contribution is 7.80. The van der Waals surface area contributed by atoms with Crippen LogP contribution >= 0.6 is 35.4 Å². The van der Waals surface area contributed by atoms with Gasteiger partial charge in [0.15, 0.2) is 5.11 Å². The van der Waals surface area contributed by atoms with Crippen LogP contribution in [0.1, 0.15) is 11.1 Å². The van der Waals surface area contributed by atoms with E-state index in [1.54, 1.807) is 30.5 Å². The number of hydrogen-bond acceptors (Lipinski definition) is 2. The Labute approximate surface area is 174 Å². The molecule has 0 amide bonds. The first-order chi connectivity index (χ1) is 13.2. The smallest absolute Gasteiger partial charge is 0.331 e. The van der Waals surface area contributed by atoms with Crippen molar-refractivity contribution in [2.45, 2.75) is 12.7 Å². The lowest BCUT2D eigenvalue weighted by Crippen LogP contribution is -2.19. The van der Waals surface area contributed by atoms with Gasteiger partial charge in [-0.3, -0.25) is 4.68 Å². The lowest BCUT2D eigenvalue weighted by Gasteiger charge is -2.11. The molecule has 0 saturated heterocycles. The van der Waals surface area contributed by atoms with Crippen molar-refractivity contribution in [3.05, 3.63) is 76.0 Å². The zero-order valence-electron chi connectivity index (χ0n) is 14.1. The van der Waals surface area contributed by atoms with Gasteiger partial charge < -0.3 is 10.6 Å². The number of thiocarbonyl (C=S) groups is 1. The fraction of sp³-hybridized carbons (Fsp3) is 0.111. The van der Waals surface area contributed by atoms with E-state index in [9.17, 15) is 13.2 Å². The summed E-state index contributed by atoms with van der Waals surface area (Å²) in [6.07, 6.45) is -1.23. The quantitative estimate of drug-likeness (QED) is 0.479. The molecule has 2 aromatic carbocycles. The standard InChI is InChI=1S/C18H13Cl2F3N4S/c19-13-4-5-15(20)16(7-13)26-17(28)25-14-8-24-27(10-14)9-11-2-1-3-12(6-11)18(21,22)23/h1-8,10H,9H2,(H2,25,26,28). The van der Waals surface area contributed by atoms with Crippen molar-refractivity contribution in [2.24, 2.45) is 0 Å². The molecule has 1 aromatic heterocycles. The Balaban J connectivity index is 1.64. The summed E-state index contributed by atoms with van der Waals surface area (Å²) in [5.41, 5.74) is 0.904. The molecule has 0 radical (unpaired) electrons. The maximum Gasteiger partial charge on any atom is 0.416 e. The van der Waals surface area contributed by atoms with Crippen LogP contribution in [0.15, 0.2) is 54.9 Å². The Morgan fingerprint density at radius 3 is 2.64 bits per heavy atom. The van der Waals surface area contributed by atoms with Gasteiger partial charge in [0.1, 0.15) is 0 Å². The Hall–Kier alpha value is -2.29. The monoisotopic (exact) mass is 444 g/mol. The molecule has 3 aromatic rings. The molecule has 0 aliphatic heterocycles. The van der Waals surface area contributed by atoms with Gasteiger partial charge in [0, 0.05) is 11.2 Å².